The van der Waals surface area contributed by atoms with Gasteiger partial charge in [0.15, 0.2) is 5.13 Å². The Balaban J connectivity index is 1.37. The van der Waals surface area contributed by atoms with E-state index in [0.29, 0.717) is 16.5 Å². The summed E-state index contributed by atoms with van der Waals surface area (Å²) in [6.45, 7) is 5.36. The summed E-state index contributed by atoms with van der Waals surface area (Å²) in [7, 11) is 1.77. The molecule has 9 nitrogen and oxygen atoms in total. The molecule has 0 atom stereocenters. The van der Waals surface area contributed by atoms with Crippen molar-refractivity contribution in [1.82, 2.24) is 4.98 Å². The van der Waals surface area contributed by atoms with E-state index in [2.05, 4.69) is 10.3 Å². The minimum absolute atomic E-state index is 0.0423. The number of nitro benzene ring substituents is 1. The average Bonchev–Trinajstić information content (AvgIpc) is 3.57. The Kier molecular flexibility index (Phi) is 5.55. The van der Waals surface area contributed by atoms with Crippen LogP contribution in [0.1, 0.15) is 42.6 Å². The molecule has 0 saturated carbocycles. The predicted octanol–water partition coefficient (Wildman–Crippen LogP) is 4.82. The van der Waals surface area contributed by atoms with Crippen LogP contribution in [0.25, 0.3) is 11.3 Å². The van der Waals surface area contributed by atoms with Gasteiger partial charge in [0, 0.05) is 48.4 Å². The lowest BCUT2D eigenvalue weighted by atomic mass is 9.85. The number of anilines is 3. The van der Waals surface area contributed by atoms with E-state index in [-0.39, 0.29) is 17.2 Å². The molecule has 1 N–H and O–H groups in total. The van der Waals surface area contributed by atoms with E-state index in [1.54, 1.807) is 24.1 Å². The van der Waals surface area contributed by atoms with Crippen molar-refractivity contribution in [3.8, 4) is 11.3 Å². The topological polar surface area (TPSA) is 109 Å². The molecule has 2 aromatic carbocycles. The molecular weight excluding hydrogens is 466 g/mol. The fourth-order valence-corrected chi connectivity index (χ4v) is 5.52. The Labute approximate surface area is 206 Å². The zero-order chi connectivity index (χ0) is 24.9. The molecule has 35 heavy (non-hydrogen) atoms. The SMILES string of the molecule is CN1C(=O)C(C)(C)c2cc(-c3csc(NC(=O)c4ccc(N5CCCC5)c([N+](=O)[O-])c4)n3)ccc21. The number of nitro groups is 1. The lowest BCUT2D eigenvalue weighted by molar-refractivity contribution is -0.384. The Bertz CT molecular complexity index is 1360. The van der Waals surface area contributed by atoms with Gasteiger partial charge >= 0.3 is 0 Å². The van der Waals surface area contributed by atoms with E-state index >= 15 is 0 Å². The van der Waals surface area contributed by atoms with Crippen molar-refractivity contribution in [2.75, 3.05) is 35.3 Å². The summed E-state index contributed by atoms with van der Waals surface area (Å²) in [4.78, 5) is 44.8. The third kappa shape index (κ3) is 3.93. The van der Waals surface area contributed by atoms with Crippen molar-refractivity contribution in [2.24, 2.45) is 0 Å². The number of nitrogens with one attached hydrogen (secondary N) is 1. The van der Waals surface area contributed by atoms with Crippen LogP contribution < -0.4 is 15.1 Å². The van der Waals surface area contributed by atoms with Crippen molar-refractivity contribution >= 4 is 45.3 Å². The summed E-state index contributed by atoms with van der Waals surface area (Å²) in [5.74, 6) is -0.412. The number of nitrogens with zero attached hydrogens (tertiary/aromatic N) is 4. The van der Waals surface area contributed by atoms with E-state index in [1.165, 1.54) is 17.4 Å². The Hall–Kier alpha value is -3.79. The Morgan fingerprint density at radius 2 is 1.86 bits per heavy atom. The highest BCUT2D eigenvalue weighted by Crippen LogP contribution is 2.42. The minimum Gasteiger partial charge on any atom is -0.366 e. The molecule has 0 aliphatic carbocycles. The first-order valence-electron chi connectivity index (χ1n) is 11.4. The summed E-state index contributed by atoms with van der Waals surface area (Å²) >= 11 is 1.27. The van der Waals surface area contributed by atoms with Crippen LogP contribution in [0.4, 0.5) is 22.2 Å². The molecule has 0 bridgehead atoms. The van der Waals surface area contributed by atoms with Gasteiger partial charge in [0.2, 0.25) is 5.91 Å². The number of rotatable bonds is 5. The average molecular weight is 492 g/mol. The van der Waals surface area contributed by atoms with Gasteiger partial charge in [-0.3, -0.25) is 25.0 Å². The zero-order valence-corrected chi connectivity index (χ0v) is 20.5. The number of thiazole rings is 1. The molecule has 0 spiro atoms. The largest absolute Gasteiger partial charge is 0.366 e. The van der Waals surface area contributed by atoms with Gasteiger partial charge < -0.3 is 9.80 Å². The van der Waals surface area contributed by atoms with Crippen molar-refractivity contribution in [1.29, 1.82) is 0 Å². The van der Waals surface area contributed by atoms with Gasteiger partial charge in [-0.1, -0.05) is 6.07 Å². The first-order chi connectivity index (χ1) is 16.7. The van der Waals surface area contributed by atoms with Gasteiger partial charge in [0.25, 0.3) is 11.6 Å². The number of benzene rings is 2. The maximum Gasteiger partial charge on any atom is 0.293 e. The van der Waals surface area contributed by atoms with Crippen LogP contribution in [0.3, 0.4) is 0 Å². The molecule has 10 heteroatoms. The van der Waals surface area contributed by atoms with Crippen LogP contribution in [-0.4, -0.2) is 41.9 Å². The summed E-state index contributed by atoms with van der Waals surface area (Å²) in [5, 5.41) is 16.6. The fraction of sp³-hybridized carbons (Fsp3) is 0.320. The summed E-state index contributed by atoms with van der Waals surface area (Å²) < 4.78 is 0. The molecule has 1 fully saturated rings. The predicted molar refractivity (Wildman–Crippen MR) is 136 cm³/mol. The highest BCUT2D eigenvalue weighted by Gasteiger charge is 2.42. The third-order valence-corrected chi connectivity index (χ3v) is 7.53. The van der Waals surface area contributed by atoms with E-state index in [1.807, 2.05) is 42.3 Å². The van der Waals surface area contributed by atoms with Gasteiger partial charge in [-0.2, -0.15) is 0 Å². The van der Waals surface area contributed by atoms with E-state index < -0.39 is 16.2 Å². The smallest absolute Gasteiger partial charge is 0.293 e. The first-order valence-corrected chi connectivity index (χ1v) is 12.3. The number of hydrogen-bond donors (Lipinski definition) is 1. The molecule has 0 radical (unpaired) electrons. The maximum atomic E-state index is 12.9. The molecule has 1 aromatic heterocycles. The van der Waals surface area contributed by atoms with Crippen LogP contribution in [-0.2, 0) is 10.2 Å². The molecule has 1 saturated heterocycles. The molecule has 5 rings (SSSR count). The number of aromatic nitrogens is 1. The van der Waals surface area contributed by atoms with Gasteiger partial charge in [-0.25, -0.2) is 4.98 Å². The summed E-state index contributed by atoms with van der Waals surface area (Å²) in [5.41, 5.74) is 3.41. The van der Waals surface area contributed by atoms with Crippen LogP contribution in [0.5, 0.6) is 0 Å². The first kappa shape index (κ1) is 23.0. The third-order valence-electron chi connectivity index (χ3n) is 6.77. The number of carbonyl (C=O) groups is 2. The van der Waals surface area contributed by atoms with Crippen molar-refractivity contribution in [3.63, 3.8) is 0 Å². The number of fused-ring (bicyclic) bond motifs is 1. The second-order valence-corrected chi connectivity index (χ2v) is 10.2. The van der Waals surface area contributed by atoms with Gasteiger partial charge in [-0.05, 0) is 56.5 Å². The summed E-state index contributed by atoms with van der Waals surface area (Å²) in [6.07, 6.45) is 2.00. The molecule has 0 unspecified atom stereocenters. The fourth-order valence-electron chi connectivity index (χ4n) is 4.80. The molecule has 2 aliphatic rings. The quantitative estimate of drug-likeness (QED) is 0.405. The standard InChI is InChI=1S/C25H25N5O4S/c1-25(2)17-12-15(6-8-19(17)28(3)23(25)32)18-14-35-24(26-18)27-22(31)16-7-9-20(21(13-16)30(33)34)29-10-4-5-11-29/h6-9,12-14H,4-5,10-11H2,1-3H3,(H,26,27,31). The van der Waals surface area contributed by atoms with Gasteiger partial charge in [-0.15, -0.1) is 11.3 Å². The lowest BCUT2D eigenvalue weighted by Crippen LogP contribution is -2.33. The molecular formula is C25H25N5O4S. The van der Waals surface area contributed by atoms with Crippen LogP contribution in [0, 0.1) is 10.1 Å². The number of carbonyl (C=O) groups excluding carboxylic acids is 2. The number of amides is 2. The minimum atomic E-state index is -0.622. The molecule has 3 heterocycles. The Morgan fingerprint density at radius 3 is 2.57 bits per heavy atom. The van der Waals surface area contributed by atoms with Gasteiger partial charge in [0.05, 0.1) is 16.0 Å². The van der Waals surface area contributed by atoms with Crippen LogP contribution >= 0.6 is 11.3 Å². The maximum absolute atomic E-state index is 12.9. The van der Waals surface area contributed by atoms with Crippen LogP contribution in [0.2, 0.25) is 0 Å². The summed E-state index contributed by atoms with van der Waals surface area (Å²) in [6, 6.07) is 10.4. The number of likely N-dealkylation sites (N-methyl/N-ethyl adjacent to an activating group) is 1. The second kappa shape index (κ2) is 8.46. The molecule has 2 aliphatic heterocycles. The molecule has 180 valence electrons. The Morgan fingerprint density at radius 1 is 1.14 bits per heavy atom. The second-order valence-electron chi connectivity index (χ2n) is 9.37. The molecule has 2 amide bonds. The van der Waals surface area contributed by atoms with E-state index in [4.69, 9.17) is 0 Å². The highest BCUT2D eigenvalue weighted by molar-refractivity contribution is 7.14. The van der Waals surface area contributed by atoms with Gasteiger partial charge in [0.1, 0.15) is 5.69 Å². The number of hydrogen-bond acceptors (Lipinski definition) is 7. The van der Waals surface area contributed by atoms with E-state index in [9.17, 15) is 19.7 Å². The highest BCUT2D eigenvalue weighted by atomic mass is 32.1. The van der Waals surface area contributed by atoms with E-state index in [0.717, 1.165) is 42.7 Å². The lowest BCUT2D eigenvalue weighted by Gasteiger charge is -2.17. The monoisotopic (exact) mass is 491 g/mol. The van der Waals surface area contributed by atoms with Crippen molar-refractivity contribution < 1.29 is 14.5 Å². The van der Waals surface area contributed by atoms with Crippen molar-refractivity contribution in [2.45, 2.75) is 32.1 Å². The zero-order valence-electron chi connectivity index (χ0n) is 19.7. The van der Waals surface area contributed by atoms with Crippen LogP contribution in [0.15, 0.2) is 41.8 Å². The van der Waals surface area contributed by atoms with Crippen molar-refractivity contribution in [3.05, 3.63) is 63.0 Å². The normalized spacial score (nSPS) is 16.5. The molecule has 3 aromatic rings.